The number of nitrogens with zero attached hydrogens (tertiary/aromatic N) is 3. The van der Waals surface area contributed by atoms with E-state index in [1.54, 1.807) is 19.1 Å². The number of ether oxygens (including phenoxy) is 1. The van der Waals surface area contributed by atoms with E-state index in [2.05, 4.69) is 27.4 Å². The fourth-order valence-electron chi connectivity index (χ4n) is 5.36. The number of alkyl halides is 2. The predicted molar refractivity (Wildman–Crippen MR) is 145 cm³/mol. The van der Waals surface area contributed by atoms with Crippen LogP contribution in [-0.2, 0) is 4.74 Å². The van der Waals surface area contributed by atoms with Gasteiger partial charge in [0, 0.05) is 12.1 Å². The lowest BCUT2D eigenvalue weighted by atomic mass is 9.79. The Balaban J connectivity index is 0.000000714. The first-order chi connectivity index (χ1) is 19.3. The van der Waals surface area contributed by atoms with Crippen molar-refractivity contribution in [3.63, 3.8) is 0 Å². The number of halogens is 3. The number of primary amides is 1. The fraction of sp³-hybridized carbons (Fsp3) is 0.571. The van der Waals surface area contributed by atoms with Crippen molar-refractivity contribution in [2.24, 2.45) is 17.6 Å². The van der Waals surface area contributed by atoms with Crippen LogP contribution >= 0.6 is 0 Å². The molecular weight excluding hydrogens is 541 g/mol. The first-order valence-corrected chi connectivity index (χ1v) is 13.7. The number of amides is 3. The number of aromatic nitrogens is 3. The number of hydrogen-bond acceptors (Lipinski definition) is 6. The number of morpholine rings is 1. The number of imidazole rings is 1. The molecule has 2 atom stereocenters. The van der Waals surface area contributed by atoms with Gasteiger partial charge < -0.3 is 30.2 Å². The number of fused-ring (bicyclic) bond motifs is 1. The van der Waals surface area contributed by atoms with Crippen molar-refractivity contribution < 1.29 is 32.0 Å². The molecule has 2 aliphatic rings. The Kier molecular flexibility index (Phi) is 9.25. The van der Waals surface area contributed by atoms with E-state index in [9.17, 15) is 18.4 Å². The molecule has 1 aromatic carbocycles. The highest BCUT2D eigenvalue weighted by Crippen LogP contribution is 2.38. The van der Waals surface area contributed by atoms with Crippen LogP contribution in [0.15, 0.2) is 22.9 Å². The number of aromatic amines is 1. The number of carbonyl (C=O) groups is 2. The summed E-state index contributed by atoms with van der Waals surface area (Å²) < 4.78 is 48.3. The van der Waals surface area contributed by atoms with Crippen LogP contribution in [0.2, 0.25) is 0 Å². The molecule has 1 aliphatic carbocycles. The van der Waals surface area contributed by atoms with Gasteiger partial charge in [-0.3, -0.25) is 4.79 Å². The molecule has 224 valence electrons. The molecular formula is C28H37F3N6O4. The molecule has 10 nitrogen and oxygen atoms in total. The van der Waals surface area contributed by atoms with Crippen LogP contribution in [0.4, 0.5) is 18.0 Å². The molecule has 0 radical (unpaired) electrons. The number of rotatable bonds is 5. The zero-order chi connectivity index (χ0) is 29.9. The quantitative estimate of drug-likeness (QED) is 0.370. The first-order valence-electron chi connectivity index (χ1n) is 13.7. The summed E-state index contributed by atoms with van der Waals surface area (Å²) in [7, 11) is 0. The Labute approximate surface area is 236 Å². The van der Waals surface area contributed by atoms with Gasteiger partial charge in [-0.2, -0.15) is 0 Å². The van der Waals surface area contributed by atoms with Crippen LogP contribution < -0.4 is 11.1 Å². The highest BCUT2D eigenvalue weighted by atomic mass is 19.3. The summed E-state index contributed by atoms with van der Waals surface area (Å²) in [6.07, 6.45) is 5.27. The Morgan fingerprint density at radius 2 is 1.90 bits per heavy atom. The van der Waals surface area contributed by atoms with Gasteiger partial charge in [0.25, 0.3) is 5.91 Å². The molecule has 3 aromatic rings. The topological polar surface area (TPSA) is 139 Å². The summed E-state index contributed by atoms with van der Waals surface area (Å²) >= 11 is 0. The molecule has 2 aromatic heterocycles. The SMILES string of the molecule is CC(C)(F)F.Cc1nocc1C(=O)N[C@H](c1nc2c(F)c(C3COCCN3C(N)=O)ccc2[nH]1)C1CCC(C)CC1. The van der Waals surface area contributed by atoms with Gasteiger partial charge in [-0.1, -0.05) is 31.0 Å². The van der Waals surface area contributed by atoms with Crippen molar-refractivity contribution in [3.8, 4) is 0 Å². The van der Waals surface area contributed by atoms with Crippen molar-refractivity contribution in [2.45, 2.75) is 71.4 Å². The summed E-state index contributed by atoms with van der Waals surface area (Å²) in [6, 6.07) is 1.68. The number of benzene rings is 1. The standard InChI is InChI=1S/C25H31FN6O4.C3H6F2/c1-13-3-5-15(6-4-13)21(30-24(33)17-11-36-31-14(17)2)23-28-18-8-7-16(20(26)22(18)29-23)19-12-35-10-9-32(19)25(27)34;1-3(2,4)5/h7-8,11,13,15,19,21H,3-6,9-10,12H2,1-2H3,(H2,27,34)(H,28,29)(H,30,33);1-2H3/t13?,15?,19?,21-;/m0./s1. The number of carbonyl (C=O) groups excluding carboxylic acids is 2. The molecule has 0 spiro atoms. The maximum Gasteiger partial charge on any atom is 0.315 e. The van der Waals surface area contributed by atoms with Gasteiger partial charge in [0.05, 0.1) is 36.5 Å². The lowest BCUT2D eigenvalue weighted by Crippen LogP contribution is -2.46. The zero-order valence-corrected chi connectivity index (χ0v) is 23.7. The average Bonchev–Trinajstić information content (AvgIpc) is 3.54. The lowest BCUT2D eigenvalue weighted by molar-refractivity contribution is 0.0126. The number of hydrogen-bond donors (Lipinski definition) is 3. The number of nitrogens with one attached hydrogen (secondary N) is 2. The highest BCUT2D eigenvalue weighted by Gasteiger charge is 2.34. The number of H-pyrrole nitrogens is 1. The molecule has 3 heterocycles. The van der Waals surface area contributed by atoms with Gasteiger partial charge in [0.15, 0.2) is 5.82 Å². The molecule has 4 N–H and O–H groups in total. The highest BCUT2D eigenvalue weighted by molar-refractivity contribution is 5.95. The van der Waals surface area contributed by atoms with Crippen molar-refractivity contribution >= 4 is 23.0 Å². The molecule has 5 rings (SSSR count). The maximum absolute atomic E-state index is 15.8. The van der Waals surface area contributed by atoms with E-state index in [1.807, 2.05) is 0 Å². The van der Waals surface area contributed by atoms with Gasteiger partial charge in [0.2, 0.25) is 5.92 Å². The van der Waals surface area contributed by atoms with Crippen molar-refractivity contribution in [1.29, 1.82) is 0 Å². The molecule has 3 amide bonds. The van der Waals surface area contributed by atoms with E-state index in [-0.39, 0.29) is 23.9 Å². The monoisotopic (exact) mass is 578 g/mol. The maximum atomic E-state index is 15.8. The van der Waals surface area contributed by atoms with E-state index < -0.39 is 29.9 Å². The third-order valence-corrected chi connectivity index (χ3v) is 7.52. The largest absolute Gasteiger partial charge is 0.377 e. The first kappa shape index (κ1) is 30.4. The molecule has 13 heteroatoms. The molecule has 1 saturated carbocycles. The minimum Gasteiger partial charge on any atom is -0.377 e. The Hall–Kier alpha value is -3.61. The van der Waals surface area contributed by atoms with Gasteiger partial charge in [0.1, 0.15) is 23.2 Å². The summed E-state index contributed by atoms with van der Waals surface area (Å²) in [4.78, 5) is 34.3. The lowest BCUT2D eigenvalue weighted by Gasteiger charge is -2.34. The van der Waals surface area contributed by atoms with Crippen molar-refractivity contribution in [1.82, 2.24) is 25.3 Å². The molecule has 1 aliphatic heterocycles. The van der Waals surface area contributed by atoms with Crippen molar-refractivity contribution in [3.05, 3.63) is 46.9 Å². The Morgan fingerprint density at radius 3 is 2.51 bits per heavy atom. The minimum atomic E-state index is -2.50. The summed E-state index contributed by atoms with van der Waals surface area (Å²) in [5.41, 5.74) is 7.35. The Morgan fingerprint density at radius 1 is 1.22 bits per heavy atom. The zero-order valence-electron chi connectivity index (χ0n) is 23.7. The van der Waals surface area contributed by atoms with Crippen LogP contribution in [0.1, 0.15) is 86.0 Å². The number of urea groups is 1. The fourth-order valence-corrected chi connectivity index (χ4v) is 5.36. The van der Waals surface area contributed by atoms with Crippen LogP contribution in [0.3, 0.4) is 0 Å². The average molecular weight is 579 g/mol. The van der Waals surface area contributed by atoms with Gasteiger partial charge in [-0.25, -0.2) is 22.9 Å². The predicted octanol–water partition coefficient (Wildman–Crippen LogP) is 5.41. The summed E-state index contributed by atoms with van der Waals surface area (Å²) in [6.45, 7) is 6.44. The van der Waals surface area contributed by atoms with Gasteiger partial charge >= 0.3 is 6.03 Å². The van der Waals surface area contributed by atoms with Crippen LogP contribution in [0.25, 0.3) is 11.0 Å². The Bertz CT molecular complexity index is 1360. The summed E-state index contributed by atoms with van der Waals surface area (Å²) in [5, 5.41) is 6.90. The smallest absolute Gasteiger partial charge is 0.315 e. The summed E-state index contributed by atoms with van der Waals surface area (Å²) in [5.74, 6) is -2.08. The van der Waals surface area contributed by atoms with E-state index in [0.717, 1.165) is 39.5 Å². The van der Waals surface area contributed by atoms with E-state index in [4.69, 9.17) is 15.0 Å². The van der Waals surface area contributed by atoms with E-state index >= 15 is 4.39 Å². The number of aryl methyl sites for hydroxylation is 1. The van der Waals surface area contributed by atoms with Crippen LogP contribution in [-0.4, -0.2) is 57.6 Å². The number of nitrogens with two attached hydrogens (primary N) is 1. The van der Waals surface area contributed by atoms with E-state index in [1.165, 1.54) is 11.2 Å². The molecule has 1 unspecified atom stereocenters. The molecule has 0 bridgehead atoms. The third kappa shape index (κ3) is 7.38. The normalized spacial score (nSPS) is 22.1. The third-order valence-electron chi connectivity index (χ3n) is 7.52. The minimum absolute atomic E-state index is 0.144. The molecule has 1 saturated heterocycles. The van der Waals surface area contributed by atoms with Crippen molar-refractivity contribution in [2.75, 3.05) is 19.8 Å². The van der Waals surface area contributed by atoms with E-state index in [0.29, 0.717) is 47.2 Å². The van der Waals surface area contributed by atoms with Crippen LogP contribution in [0.5, 0.6) is 0 Å². The van der Waals surface area contributed by atoms with Crippen LogP contribution in [0, 0.1) is 24.6 Å². The second kappa shape index (κ2) is 12.5. The molecule has 2 fully saturated rings. The second-order valence-electron chi connectivity index (χ2n) is 11.2. The second-order valence-corrected chi connectivity index (χ2v) is 11.2. The van der Waals surface area contributed by atoms with Gasteiger partial charge in [-0.05, 0) is 51.5 Å². The van der Waals surface area contributed by atoms with Gasteiger partial charge in [-0.15, -0.1) is 0 Å². The molecule has 41 heavy (non-hydrogen) atoms.